The smallest absolute Gasteiger partial charge is 0.123 e. The highest BCUT2D eigenvalue weighted by atomic mass is 19.1. The predicted molar refractivity (Wildman–Crippen MR) is 207 cm³/mol. The van der Waals surface area contributed by atoms with Crippen LogP contribution >= 0.6 is 0 Å². The van der Waals surface area contributed by atoms with Crippen molar-refractivity contribution in [2.45, 2.75) is 38.5 Å². The van der Waals surface area contributed by atoms with Crippen molar-refractivity contribution in [1.82, 2.24) is 0 Å². The Morgan fingerprint density at radius 1 is 0.420 bits per heavy atom. The maximum atomic E-state index is 14.1. The molecule has 0 atom stereocenters. The fourth-order valence-corrected chi connectivity index (χ4v) is 8.59. The highest BCUT2D eigenvalue weighted by molar-refractivity contribution is 5.98. The molecular formula is C48H38FN. The molecule has 0 saturated carbocycles. The van der Waals surface area contributed by atoms with E-state index in [0.29, 0.717) is 0 Å². The van der Waals surface area contributed by atoms with Gasteiger partial charge in [-0.25, -0.2) is 4.39 Å². The van der Waals surface area contributed by atoms with Crippen LogP contribution in [0.2, 0.25) is 0 Å². The van der Waals surface area contributed by atoms with Crippen LogP contribution in [0, 0.1) is 5.82 Å². The molecule has 0 radical (unpaired) electrons. The molecule has 0 unspecified atom stereocenters. The van der Waals surface area contributed by atoms with Crippen molar-refractivity contribution >= 4 is 17.1 Å². The van der Waals surface area contributed by atoms with Crippen LogP contribution in [0.3, 0.4) is 0 Å². The molecule has 0 bridgehead atoms. The third kappa shape index (κ3) is 4.52. The van der Waals surface area contributed by atoms with Gasteiger partial charge in [-0.1, -0.05) is 143 Å². The fraction of sp³-hybridized carbons (Fsp3) is 0.125. The van der Waals surface area contributed by atoms with Crippen LogP contribution < -0.4 is 4.90 Å². The number of halogens is 1. The molecule has 50 heavy (non-hydrogen) atoms. The highest BCUT2D eigenvalue weighted by Crippen LogP contribution is 2.58. The molecule has 0 aromatic heterocycles. The molecule has 7 aromatic rings. The van der Waals surface area contributed by atoms with Gasteiger partial charge in [-0.05, 0) is 109 Å². The zero-order chi connectivity index (χ0) is 34.2. The summed E-state index contributed by atoms with van der Waals surface area (Å²) in [6.45, 7) is 9.41. The van der Waals surface area contributed by atoms with Gasteiger partial charge in [0.1, 0.15) is 5.82 Å². The van der Waals surface area contributed by atoms with Gasteiger partial charge in [-0.2, -0.15) is 0 Å². The van der Waals surface area contributed by atoms with Gasteiger partial charge < -0.3 is 4.90 Å². The van der Waals surface area contributed by atoms with Gasteiger partial charge in [0.25, 0.3) is 0 Å². The van der Waals surface area contributed by atoms with Crippen molar-refractivity contribution in [3.63, 3.8) is 0 Å². The number of anilines is 3. The third-order valence-corrected chi connectivity index (χ3v) is 11.1. The summed E-state index contributed by atoms with van der Waals surface area (Å²) in [4.78, 5) is 2.46. The summed E-state index contributed by atoms with van der Waals surface area (Å²) in [5.74, 6) is -0.224. The number of hydrogen-bond acceptors (Lipinski definition) is 1. The first-order chi connectivity index (χ1) is 24.2. The molecule has 2 heteroatoms. The Labute approximate surface area is 294 Å². The summed E-state index contributed by atoms with van der Waals surface area (Å²) in [6.07, 6.45) is 0. The van der Waals surface area contributed by atoms with E-state index >= 15 is 0 Å². The van der Waals surface area contributed by atoms with Gasteiger partial charge in [0.15, 0.2) is 0 Å². The first-order valence-electron chi connectivity index (χ1n) is 17.5. The van der Waals surface area contributed by atoms with Crippen molar-refractivity contribution in [1.29, 1.82) is 0 Å². The Morgan fingerprint density at radius 3 is 1.74 bits per heavy atom. The van der Waals surface area contributed by atoms with Gasteiger partial charge in [0.05, 0.1) is 11.4 Å². The van der Waals surface area contributed by atoms with Crippen LogP contribution in [-0.2, 0) is 10.8 Å². The predicted octanol–water partition coefficient (Wildman–Crippen LogP) is 13.2. The second-order valence-corrected chi connectivity index (χ2v) is 14.7. The number of rotatable bonds is 4. The van der Waals surface area contributed by atoms with E-state index in [4.69, 9.17) is 0 Å². The molecular weight excluding hydrogens is 610 g/mol. The van der Waals surface area contributed by atoms with Crippen molar-refractivity contribution in [2.24, 2.45) is 0 Å². The largest absolute Gasteiger partial charge is 0.310 e. The van der Waals surface area contributed by atoms with Gasteiger partial charge >= 0.3 is 0 Å². The molecule has 1 heterocycles. The summed E-state index contributed by atoms with van der Waals surface area (Å²) < 4.78 is 14.1. The minimum Gasteiger partial charge on any atom is -0.310 e. The molecule has 1 nitrogen and oxygen atoms in total. The van der Waals surface area contributed by atoms with E-state index in [9.17, 15) is 4.39 Å². The van der Waals surface area contributed by atoms with E-state index < -0.39 is 0 Å². The molecule has 2 aliphatic rings. The summed E-state index contributed by atoms with van der Waals surface area (Å²) >= 11 is 0. The van der Waals surface area contributed by atoms with Crippen LogP contribution in [0.15, 0.2) is 158 Å². The molecule has 0 saturated heterocycles. The average molecular weight is 648 g/mol. The summed E-state index contributed by atoms with van der Waals surface area (Å²) in [7, 11) is 0. The Balaban J connectivity index is 1.26. The maximum Gasteiger partial charge on any atom is 0.123 e. The van der Waals surface area contributed by atoms with Crippen LogP contribution in [0.25, 0.3) is 44.5 Å². The van der Waals surface area contributed by atoms with Crippen LogP contribution in [-0.4, -0.2) is 0 Å². The van der Waals surface area contributed by atoms with E-state index in [-0.39, 0.29) is 16.6 Å². The standard InChI is InChI=1S/C48H38FN/c1-47(2)40-17-11-12-18-43(40)50(44-28-21-34(29-42(44)47)31-13-7-5-8-14-31)36-24-25-39-41(30-36)48(3,4)46-38(32-15-9-6-10-16-32)27-26-37(45(39)46)33-19-22-35(49)23-20-33/h5-30H,1-4H3. The number of para-hydroxylation sites is 1. The number of nitrogens with zero attached hydrogens (tertiary/aromatic N) is 1. The summed E-state index contributed by atoms with van der Waals surface area (Å²) in [6, 6.07) is 55.6. The SMILES string of the molecule is CC1(C)c2ccccc2N(c2ccc3c(c2)C(C)(C)c2c(-c4ccccc4)ccc(-c4ccc(F)cc4)c2-3)c2ccc(-c3ccccc3)cc21. The molecule has 9 rings (SSSR count). The lowest BCUT2D eigenvalue weighted by Crippen LogP contribution is -2.30. The highest BCUT2D eigenvalue weighted by Gasteiger charge is 2.41. The number of benzene rings is 7. The van der Waals surface area contributed by atoms with Crippen molar-refractivity contribution in [2.75, 3.05) is 4.90 Å². The second-order valence-electron chi connectivity index (χ2n) is 14.7. The van der Waals surface area contributed by atoms with E-state index in [1.807, 2.05) is 12.1 Å². The van der Waals surface area contributed by atoms with Gasteiger partial charge in [-0.3, -0.25) is 0 Å². The van der Waals surface area contributed by atoms with Crippen LogP contribution in [0.4, 0.5) is 21.5 Å². The third-order valence-electron chi connectivity index (χ3n) is 11.1. The van der Waals surface area contributed by atoms with Crippen LogP contribution in [0.5, 0.6) is 0 Å². The van der Waals surface area contributed by atoms with E-state index in [0.717, 1.165) is 16.8 Å². The second kappa shape index (κ2) is 11.1. The quantitative estimate of drug-likeness (QED) is 0.184. The molecule has 1 aliphatic heterocycles. The first kappa shape index (κ1) is 30.3. The van der Waals surface area contributed by atoms with E-state index in [1.54, 1.807) is 12.1 Å². The zero-order valence-corrected chi connectivity index (χ0v) is 28.8. The monoisotopic (exact) mass is 647 g/mol. The van der Waals surface area contributed by atoms with Crippen LogP contribution in [0.1, 0.15) is 49.9 Å². The van der Waals surface area contributed by atoms with Gasteiger partial charge in [0.2, 0.25) is 0 Å². The molecule has 0 N–H and O–H groups in total. The Hall–Kier alpha value is -5.73. The normalized spacial score (nSPS) is 14.8. The fourth-order valence-electron chi connectivity index (χ4n) is 8.59. The first-order valence-corrected chi connectivity index (χ1v) is 17.5. The average Bonchev–Trinajstić information content (AvgIpc) is 3.39. The van der Waals surface area contributed by atoms with E-state index in [1.165, 1.54) is 67.0 Å². The Morgan fingerprint density at radius 2 is 1.00 bits per heavy atom. The number of hydrogen-bond donors (Lipinski definition) is 0. The number of fused-ring (bicyclic) bond motifs is 5. The van der Waals surface area contributed by atoms with Crippen molar-refractivity contribution < 1.29 is 4.39 Å². The van der Waals surface area contributed by atoms with Gasteiger partial charge in [-0.15, -0.1) is 0 Å². The minimum atomic E-state index is -0.295. The molecule has 7 aromatic carbocycles. The van der Waals surface area contributed by atoms with E-state index in [2.05, 4.69) is 166 Å². The van der Waals surface area contributed by atoms with Gasteiger partial charge in [0, 0.05) is 16.5 Å². The topological polar surface area (TPSA) is 3.24 Å². The molecule has 0 spiro atoms. The lowest BCUT2D eigenvalue weighted by molar-refractivity contribution is 0.628. The molecule has 242 valence electrons. The van der Waals surface area contributed by atoms with Crippen molar-refractivity contribution in [3.8, 4) is 44.5 Å². The van der Waals surface area contributed by atoms with Crippen molar-refractivity contribution in [3.05, 3.63) is 186 Å². The summed E-state index contributed by atoms with van der Waals surface area (Å²) in [5, 5.41) is 0. The minimum absolute atomic E-state index is 0.186. The molecule has 0 amide bonds. The summed E-state index contributed by atoms with van der Waals surface area (Å²) in [5.41, 5.74) is 17.8. The zero-order valence-electron chi connectivity index (χ0n) is 28.8. The lowest BCUT2D eigenvalue weighted by atomic mass is 9.72. The maximum absolute atomic E-state index is 14.1. The molecule has 1 aliphatic carbocycles. The Kier molecular flexibility index (Phi) is 6.77. The lowest BCUT2D eigenvalue weighted by Gasteiger charge is -2.42. The molecule has 0 fully saturated rings. The Bertz CT molecular complexity index is 2420.